The van der Waals surface area contributed by atoms with Gasteiger partial charge < -0.3 is 14.7 Å². The van der Waals surface area contributed by atoms with E-state index in [1.165, 1.54) is 17.7 Å². The highest BCUT2D eigenvalue weighted by molar-refractivity contribution is 5.97. The van der Waals surface area contributed by atoms with Crippen LogP contribution in [0.3, 0.4) is 0 Å². The number of nitrogens with zero attached hydrogens (tertiary/aromatic N) is 1. The lowest BCUT2D eigenvalue weighted by atomic mass is 9.67. The molecule has 4 atom stereocenters. The molecule has 1 amide bonds. The third-order valence-corrected chi connectivity index (χ3v) is 7.47. The number of benzene rings is 1. The molecule has 0 bridgehead atoms. The van der Waals surface area contributed by atoms with Gasteiger partial charge in [0, 0.05) is 17.9 Å². The Morgan fingerprint density at radius 1 is 1.33 bits per heavy atom. The third-order valence-electron chi connectivity index (χ3n) is 7.47. The number of hydrogen-bond acceptors (Lipinski definition) is 3. The van der Waals surface area contributed by atoms with Crippen LogP contribution in [0.2, 0.25) is 0 Å². The summed E-state index contributed by atoms with van der Waals surface area (Å²) in [6, 6.07) is 1.47. The summed E-state index contributed by atoms with van der Waals surface area (Å²) < 4.78 is 35.2. The van der Waals surface area contributed by atoms with Crippen LogP contribution in [0.4, 0.5) is 8.78 Å². The zero-order valence-corrected chi connectivity index (χ0v) is 19.4. The number of carboxylic acid groups (broad SMARTS) is 1. The number of likely N-dealkylation sites (tertiary alicyclic amines) is 1. The molecule has 3 aliphatic rings. The molecule has 0 radical (unpaired) electrons. The molecular formula is C26H33F2NO4. The first-order valence-electron chi connectivity index (χ1n) is 11.9. The molecule has 2 unspecified atom stereocenters. The van der Waals surface area contributed by atoms with Crippen LogP contribution in [-0.4, -0.2) is 47.2 Å². The van der Waals surface area contributed by atoms with Crippen LogP contribution in [0.5, 0.6) is 5.75 Å². The summed E-state index contributed by atoms with van der Waals surface area (Å²) in [5.74, 6) is -1.67. The van der Waals surface area contributed by atoms with Gasteiger partial charge in [0.05, 0.1) is 18.7 Å². The first-order chi connectivity index (χ1) is 15.6. The molecular weight excluding hydrogens is 428 g/mol. The van der Waals surface area contributed by atoms with Gasteiger partial charge in [-0.05, 0) is 62.0 Å². The van der Waals surface area contributed by atoms with Crippen LogP contribution in [-0.2, 0) is 4.79 Å². The van der Waals surface area contributed by atoms with Gasteiger partial charge in [-0.1, -0.05) is 26.0 Å². The van der Waals surface area contributed by atoms with Crippen LogP contribution < -0.4 is 4.74 Å². The Bertz CT molecular complexity index is 960. The summed E-state index contributed by atoms with van der Waals surface area (Å²) in [6.45, 7) is 8.68. The molecule has 33 heavy (non-hydrogen) atoms. The molecule has 1 saturated heterocycles. The van der Waals surface area contributed by atoms with Gasteiger partial charge >= 0.3 is 5.97 Å². The maximum atomic E-state index is 15.1. The van der Waals surface area contributed by atoms with Crippen molar-refractivity contribution in [3.8, 4) is 5.75 Å². The van der Waals surface area contributed by atoms with E-state index in [9.17, 15) is 19.1 Å². The predicted molar refractivity (Wildman–Crippen MR) is 121 cm³/mol. The van der Waals surface area contributed by atoms with Gasteiger partial charge in [-0.2, -0.15) is 0 Å². The highest BCUT2D eigenvalue weighted by atomic mass is 19.1. The van der Waals surface area contributed by atoms with Crippen molar-refractivity contribution in [1.29, 1.82) is 0 Å². The van der Waals surface area contributed by atoms with Crippen molar-refractivity contribution in [3.63, 3.8) is 0 Å². The summed E-state index contributed by atoms with van der Waals surface area (Å²) in [5, 5.41) is 9.36. The lowest BCUT2D eigenvalue weighted by Gasteiger charge is -2.40. The number of hydrogen-bond donors (Lipinski definition) is 1. The number of halogens is 2. The first-order valence-corrected chi connectivity index (χ1v) is 11.9. The van der Waals surface area contributed by atoms with Crippen LogP contribution in [0.15, 0.2) is 24.3 Å². The van der Waals surface area contributed by atoms with Crippen LogP contribution in [0.25, 0.3) is 0 Å². The number of rotatable bonds is 7. The molecule has 180 valence electrons. The summed E-state index contributed by atoms with van der Waals surface area (Å²) in [4.78, 5) is 25.4. The summed E-state index contributed by atoms with van der Waals surface area (Å²) in [7, 11) is 0. The standard InChI is InChI=1S/C26H33F2NO4/c1-4-26(11-15(2)7-16(3)12-26)14-33-23-10-21(28)20(9-19(23)17-5-6-17)24(30)29-13-18(27)8-22(29)25(31)32/h9-10,16-18,22H,2,4-8,11-14H2,1,3H3,(H,31,32)/t16?,18-,22+,26?/m1/s1. The van der Waals surface area contributed by atoms with Crippen molar-refractivity contribution in [3.05, 3.63) is 41.2 Å². The number of carboxylic acids is 1. The molecule has 4 rings (SSSR count). The lowest BCUT2D eigenvalue weighted by Crippen LogP contribution is -2.41. The molecule has 1 heterocycles. The van der Waals surface area contributed by atoms with E-state index in [2.05, 4.69) is 20.4 Å². The fourth-order valence-electron chi connectivity index (χ4n) is 5.66. The van der Waals surface area contributed by atoms with Gasteiger partial charge in [-0.25, -0.2) is 13.6 Å². The minimum Gasteiger partial charge on any atom is -0.493 e. The van der Waals surface area contributed by atoms with Crippen LogP contribution in [0.1, 0.15) is 80.6 Å². The lowest BCUT2D eigenvalue weighted by molar-refractivity contribution is -0.141. The molecule has 0 spiro atoms. The monoisotopic (exact) mass is 461 g/mol. The quantitative estimate of drug-likeness (QED) is 0.545. The Morgan fingerprint density at radius 3 is 2.67 bits per heavy atom. The Kier molecular flexibility index (Phi) is 6.52. The molecule has 2 aliphatic carbocycles. The number of ether oxygens (including phenoxy) is 1. The van der Waals surface area contributed by atoms with Gasteiger partial charge in [0.15, 0.2) is 0 Å². The number of allylic oxidation sites excluding steroid dienone is 1. The Morgan fingerprint density at radius 2 is 2.06 bits per heavy atom. The van der Waals surface area contributed by atoms with E-state index < -0.39 is 29.9 Å². The van der Waals surface area contributed by atoms with E-state index in [0.717, 1.165) is 49.0 Å². The van der Waals surface area contributed by atoms with E-state index in [-0.39, 0.29) is 29.9 Å². The van der Waals surface area contributed by atoms with Gasteiger partial charge in [-0.3, -0.25) is 4.79 Å². The van der Waals surface area contributed by atoms with E-state index in [1.54, 1.807) is 0 Å². The van der Waals surface area contributed by atoms with Gasteiger partial charge in [-0.15, -0.1) is 0 Å². The highest BCUT2D eigenvalue weighted by Crippen LogP contribution is 2.48. The number of alkyl halides is 1. The second kappa shape index (κ2) is 9.07. The smallest absolute Gasteiger partial charge is 0.326 e. The number of aliphatic carboxylic acids is 1. The maximum absolute atomic E-state index is 15.1. The zero-order chi connectivity index (χ0) is 23.9. The minimum atomic E-state index is -1.43. The predicted octanol–water partition coefficient (Wildman–Crippen LogP) is 5.49. The van der Waals surface area contributed by atoms with E-state index in [4.69, 9.17) is 4.74 Å². The molecule has 7 heteroatoms. The average Bonchev–Trinajstić information content (AvgIpc) is 3.51. The van der Waals surface area contributed by atoms with Crippen molar-refractivity contribution >= 4 is 11.9 Å². The van der Waals surface area contributed by atoms with Crippen molar-refractivity contribution in [2.75, 3.05) is 13.2 Å². The van der Waals surface area contributed by atoms with Crippen LogP contribution in [0, 0.1) is 17.2 Å². The average molecular weight is 462 g/mol. The maximum Gasteiger partial charge on any atom is 0.326 e. The summed E-state index contributed by atoms with van der Waals surface area (Å²) in [5.41, 5.74) is 1.74. The molecule has 1 N–H and O–H groups in total. The van der Waals surface area contributed by atoms with E-state index in [0.29, 0.717) is 18.3 Å². The molecule has 1 aromatic rings. The number of carbonyl (C=O) groups excluding carboxylic acids is 1. The fraction of sp³-hybridized carbons (Fsp3) is 0.615. The Hall–Kier alpha value is -2.44. The molecule has 1 aromatic carbocycles. The van der Waals surface area contributed by atoms with Gasteiger partial charge in [0.25, 0.3) is 5.91 Å². The fourth-order valence-corrected chi connectivity index (χ4v) is 5.66. The Balaban J connectivity index is 1.58. The van der Waals surface area contributed by atoms with Crippen molar-refractivity contribution in [1.82, 2.24) is 4.90 Å². The minimum absolute atomic E-state index is 0.0407. The van der Waals surface area contributed by atoms with Gasteiger partial charge in [0.2, 0.25) is 0 Å². The SMILES string of the molecule is C=C1CC(C)CC(CC)(COc2cc(F)c(C(=O)N3C[C@H](F)C[C@H]3C(=O)O)cc2C2CC2)C1. The molecule has 1 aliphatic heterocycles. The topological polar surface area (TPSA) is 66.8 Å². The number of carbonyl (C=O) groups is 2. The summed E-state index contributed by atoms with van der Waals surface area (Å²) in [6.07, 6.45) is 4.02. The molecule has 2 saturated carbocycles. The second-order valence-corrected chi connectivity index (χ2v) is 10.4. The van der Waals surface area contributed by atoms with Crippen molar-refractivity contribution in [2.45, 2.75) is 76.9 Å². The van der Waals surface area contributed by atoms with E-state index >= 15 is 4.39 Å². The Labute approximate surface area is 193 Å². The first kappa shape index (κ1) is 23.7. The van der Waals surface area contributed by atoms with E-state index in [1.807, 2.05) is 0 Å². The second-order valence-electron chi connectivity index (χ2n) is 10.4. The molecule has 0 aromatic heterocycles. The van der Waals surface area contributed by atoms with Crippen molar-refractivity contribution in [2.24, 2.45) is 11.3 Å². The zero-order valence-electron chi connectivity index (χ0n) is 19.4. The summed E-state index contributed by atoms with van der Waals surface area (Å²) >= 11 is 0. The van der Waals surface area contributed by atoms with Gasteiger partial charge in [0.1, 0.15) is 23.8 Å². The molecule has 3 fully saturated rings. The molecule has 5 nitrogen and oxygen atoms in total. The highest BCUT2D eigenvalue weighted by Gasteiger charge is 2.42. The number of amides is 1. The third kappa shape index (κ3) is 4.92. The van der Waals surface area contributed by atoms with Crippen LogP contribution >= 0.6 is 0 Å². The van der Waals surface area contributed by atoms with Crippen molar-refractivity contribution < 1.29 is 28.2 Å². The largest absolute Gasteiger partial charge is 0.493 e. The normalized spacial score (nSPS) is 29.9.